The molecule has 0 amide bonds. The van der Waals surface area contributed by atoms with Crippen molar-refractivity contribution in [1.82, 2.24) is 0 Å². The van der Waals surface area contributed by atoms with Gasteiger partial charge in [0.2, 0.25) is 0 Å². The van der Waals surface area contributed by atoms with E-state index in [1.165, 1.54) is 0 Å². The maximum atomic E-state index is 12.8. The van der Waals surface area contributed by atoms with Gasteiger partial charge in [-0.15, -0.1) is 0 Å². The molecule has 1 aliphatic carbocycles. The summed E-state index contributed by atoms with van der Waals surface area (Å²) in [6.07, 6.45) is 0. The van der Waals surface area contributed by atoms with E-state index >= 15 is 0 Å². The number of fused-ring (bicyclic) bond motifs is 2. The Hall–Kier alpha value is -3.60. The predicted octanol–water partition coefficient (Wildman–Crippen LogP) is 6.04. The Bertz CT molecular complexity index is 1320. The summed E-state index contributed by atoms with van der Waals surface area (Å²) in [6, 6.07) is 17.8. The van der Waals surface area contributed by atoms with Gasteiger partial charge in [0, 0.05) is 47.4 Å². The van der Waals surface area contributed by atoms with Crippen molar-refractivity contribution in [3.8, 4) is 22.5 Å². The lowest BCUT2D eigenvalue weighted by atomic mass is 9.90. The highest BCUT2D eigenvalue weighted by Gasteiger charge is 2.22. The fraction of sp³-hybridized carbons (Fsp3) is 0.259. The summed E-state index contributed by atoms with van der Waals surface area (Å²) in [5.74, 6) is 0.404. The molecule has 0 radical (unpaired) electrons. The number of nitrogens with zero attached hydrogens (tertiary/aromatic N) is 1. The van der Waals surface area contributed by atoms with Crippen molar-refractivity contribution in [2.45, 2.75) is 27.7 Å². The molecule has 2 aromatic carbocycles. The van der Waals surface area contributed by atoms with Gasteiger partial charge in [0.1, 0.15) is 11.3 Å². The van der Waals surface area contributed by atoms with Gasteiger partial charge >= 0.3 is 5.97 Å². The number of ether oxygens (including phenoxy) is 1. The normalized spacial score (nSPS) is 11.8. The number of nitrogens with one attached hydrogen (secondary N) is 1. The standard InChI is InChI=1S/C27H28N2O3/c1-5-28-18-12-13-21-24(15-18)32-25-16-23(29-6-2)17(4)14-22(25)26(21)19-10-8-9-11-20(19)27(30)31-7-3/h8-16,28H,5-7H2,1-4H3/b29-23+. The number of rotatable bonds is 6. The number of esters is 1. The van der Waals surface area contributed by atoms with E-state index in [0.29, 0.717) is 18.7 Å². The molecular weight excluding hydrogens is 400 g/mol. The first kappa shape index (κ1) is 21.6. The van der Waals surface area contributed by atoms with Crippen LogP contribution in [0, 0.1) is 6.92 Å². The SMILES string of the molecule is CC/N=c1\cc2oc3cc(NCC)ccc3c(-c3ccccc3C(=O)OCC)c-2cc1C. The van der Waals surface area contributed by atoms with Crippen LogP contribution in [0.3, 0.4) is 0 Å². The monoisotopic (exact) mass is 428 g/mol. The van der Waals surface area contributed by atoms with E-state index in [9.17, 15) is 4.79 Å². The van der Waals surface area contributed by atoms with Gasteiger partial charge in [-0.1, -0.05) is 18.2 Å². The Kier molecular flexibility index (Phi) is 6.26. The van der Waals surface area contributed by atoms with Crippen molar-refractivity contribution in [1.29, 1.82) is 0 Å². The molecule has 2 aromatic rings. The number of hydrogen-bond acceptors (Lipinski definition) is 5. The predicted molar refractivity (Wildman–Crippen MR) is 129 cm³/mol. The molecule has 0 saturated heterocycles. The quantitative estimate of drug-likeness (QED) is 0.300. The number of aryl methyl sites for hydroxylation is 1. The lowest BCUT2D eigenvalue weighted by Crippen LogP contribution is -2.10. The average Bonchev–Trinajstić information content (AvgIpc) is 2.79. The van der Waals surface area contributed by atoms with Crippen LogP contribution in [0.5, 0.6) is 0 Å². The molecule has 1 N–H and O–H groups in total. The highest BCUT2D eigenvalue weighted by atomic mass is 16.5. The first-order chi connectivity index (χ1) is 15.6. The molecule has 0 atom stereocenters. The molecule has 4 rings (SSSR count). The Morgan fingerprint density at radius 1 is 1.03 bits per heavy atom. The van der Waals surface area contributed by atoms with Crippen molar-refractivity contribution in [2.24, 2.45) is 4.99 Å². The van der Waals surface area contributed by atoms with Crippen LogP contribution < -0.4 is 10.7 Å². The fourth-order valence-electron chi connectivity index (χ4n) is 4.07. The molecular formula is C27H28N2O3. The van der Waals surface area contributed by atoms with Gasteiger partial charge < -0.3 is 14.5 Å². The van der Waals surface area contributed by atoms with Gasteiger partial charge in [0.15, 0.2) is 0 Å². The zero-order chi connectivity index (χ0) is 22.7. The molecule has 2 aliphatic rings. The van der Waals surface area contributed by atoms with Gasteiger partial charge in [-0.25, -0.2) is 4.79 Å². The molecule has 5 nitrogen and oxygen atoms in total. The van der Waals surface area contributed by atoms with E-state index in [1.54, 1.807) is 0 Å². The highest BCUT2D eigenvalue weighted by molar-refractivity contribution is 6.08. The summed E-state index contributed by atoms with van der Waals surface area (Å²) in [7, 11) is 0. The van der Waals surface area contributed by atoms with Crippen LogP contribution in [-0.4, -0.2) is 25.7 Å². The Morgan fingerprint density at radius 3 is 2.59 bits per heavy atom. The molecule has 32 heavy (non-hydrogen) atoms. The van der Waals surface area contributed by atoms with Gasteiger partial charge in [-0.2, -0.15) is 0 Å². The molecule has 164 valence electrons. The second kappa shape index (κ2) is 9.27. The fourth-order valence-corrected chi connectivity index (χ4v) is 4.07. The van der Waals surface area contributed by atoms with Crippen molar-refractivity contribution >= 4 is 22.6 Å². The Labute approximate surface area is 188 Å². The third-order valence-electron chi connectivity index (χ3n) is 5.44. The first-order valence-electron chi connectivity index (χ1n) is 11.1. The molecule has 1 aliphatic heterocycles. The number of carbonyl (C=O) groups is 1. The molecule has 0 spiro atoms. The number of benzene rings is 3. The lowest BCUT2D eigenvalue weighted by Gasteiger charge is -2.18. The maximum Gasteiger partial charge on any atom is 0.338 e. The van der Waals surface area contributed by atoms with E-state index < -0.39 is 0 Å². The van der Waals surface area contributed by atoms with Crippen molar-refractivity contribution < 1.29 is 13.9 Å². The number of anilines is 1. The molecule has 0 unspecified atom stereocenters. The van der Waals surface area contributed by atoms with Crippen LogP contribution in [0.1, 0.15) is 36.7 Å². The summed E-state index contributed by atoms with van der Waals surface area (Å²) in [4.78, 5) is 17.4. The topological polar surface area (TPSA) is 63.8 Å². The summed E-state index contributed by atoms with van der Waals surface area (Å²) < 4.78 is 11.7. The molecule has 0 saturated carbocycles. The average molecular weight is 429 g/mol. The lowest BCUT2D eigenvalue weighted by molar-refractivity contribution is 0.0527. The van der Waals surface area contributed by atoms with Crippen molar-refractivity contribution in [3.63, 3.8) is 0 Å². The van der Waals surface area contributed by atoms with Crippen LogP contribution in [0.2, 0.25) is 0 Å². The van der Waals surface area contributed by atoms with Gasteiger partial charge in [0.05, 0.1) is 17.5 Å². The first-order valence-corrected chi connectivity index (χ1v) is 11.1. The van der Waals surface area contributed by atoms with Crippen molar-refractivity contribution in [3.05, 3.63) is 71.1 Å². The molecule has 5 heteroatoms. The summed E-state index contributed by atoms with van der Waals surface area (Å²) in [5.41, 5.74) is 6.06. The second-order valence-corrected chi connectivity index (χ2v) is 7.59. The number of hydrogen-bond donors (Lipinski definition) is 1. The van der Waals surface area contributed by atoms with Crippen LogP contribution in [-0.2, 0) is 4.74 Å². The van der Waals surface area contributed by atoms with E-state index in [0.717, 1.165) is 56.6 Å². The summed E-state index contributed by atoms with van der Waals surface area (Å²) in [5, 5.41) is 5.19. The number of carbonyl (C=O) groups excluding carboxylic acids is 1. The minimum Gasteiger partial charge on any atom is -0.462 e. The second-order valence-electron chi connectivity index (χ2n) is 7.59. The molecule has 0 bridgehead atoms. The van der Waals surface area contributed by atoms with Gasteiger partial charge in [0.25, 0.3) is 0 Å². The highest BCUT2D eigenvalue weighted by Crippen LogP contribution is 2.42. The van der Waals surface area contributed by atoms with Gasteiger partial charge in [-0.3, -0.25) is 4.99 Å². The molecule has 0 aromatic heterocycles. The zero-order valence-corrected chi connectivity index (χ0v) is 19.0. The maximum absolute atomic E-state index is 12.8. The van der Waals surface area contributed by atoms with Crippen LogP contribution in [0.15, 0.2) is 64.0 Å². The largest absolute Gasteiger partial charge is 0.462 e. The van der Waals surface area contributed by atoms with Crippen LogP contribution >= 0.6 is 0 Å². The molecule has 0 fully saturated rings. The third-order valence-corrected chi connectivity index (χ3v) is 5.44. The molecule has 1 heterocycles. The van der Waals surface area contributed by atoms with E-state index in [1.807, 2.05) is 69.3 Å². The smallest absolute Gasteiger partial charge is 0.338 e. The summed E-state index contributed by atoms with van der Waals surface area (Å²) >= 11 is 0. The van der Waals surface area contributed by atoms with E-state index in [4.69, 9.17) is 9.15 Å². The Balaban J connectivity index is 2.12. The summed E-state index contributed by atoms with van der Waals surface area (Å²) in [6.45, 7) is 9.78. The van der Waals surface area contributed by atoms with E-state index in [2.05, 4.69) is 23.3 Å². The minimum atomic E-state index is -0.330. The zero-order valence-electron chi connectivity index (χ0n) is 19.0. The third kappa shape index (κ3) is 3.98. The Morgan fingerprint density at radius 2 is 1.84 bits per heavy atom. The van der Waals surface area contributed by atoms with Crippen LogP contribution in [0.25, 0.3) is 33.4 Å². The van der Waals surface area contributed by atoms with Gasteiger partial charge in [-0.05, 0) is 63.1 Å². The minimum absolute atomic E-state index is 0.325. The van der Waals surface area contributed by atoms with Crippen molar-refractivity contribution in [2.75, 3.05) is 25.0 Å². The van der Waals surface area contributed by atoms with E-state index in [-0.39, 0.29) is 5.97 Å². The van der Waals surface area contributed by atoms with Crippen LogP contribution in [0.4, 0.5) is 5.69 Å².